The van der Waals surface area contributed by atoms with Crippen LogP contribution in [0.25, 0.3) is 22.0 Å². The number of anilines is 2. The second kappa shape index (κ2) is 7.88. The van der Waals surface area contributed by atoms with E-state index in [-0.39, 0.29) is 6.10 Å². The maximum atomic E-state index is 6.41. The Balaban J connectivity index is 1.29. The molecule has 2 N–H and O–H groups in total. The van der Waals surface area contributed by atoms with E-state index in [4.69, 9.17) is 22.1 Å². The minimum Gasteiger partial charge on any atom is -0.472 e. The highest BCUT2D eigenvalue weighted by atomic mass is 35.5. The van der Waals surface area contributed by atoms with E-state index in [0.29, 0.717) is 10.9 Å². The van der Waals surface area contributed by atoms with Gasteiger partial charge in [-0.2, -0.15) is 0 Å². The van der Waals surface area contributed by atoms with Crippen LogP contribution >= 0.6 is 11.6 Å². The minimum absolute atomic E-state index is 0.0791. The molecule has 4 aromatic rings. The smallest absolute Gasteiger partial charge is 0.214 e. The molecule has 1 unspecified atom stereocenters. The molecule has 0 radical (unpaired) electrons. The lowest BCUT2D eigenvalue weighted by Gasteiger charge is -2.21. The Morgan fingerprint density at radius 1 is 0.933 bits per heavy atom. The molecule has 150 valence electrons. The van der Waals surface area contributed by atoms with Gasteiger partial charge in [-0.05, 0) is 47.5 Å². The third-order valence-corrected chi connectivity index (χ3v) is 5.77. The Hall–Kier alpha value is -3.24. The number of ether oxygens (including phenoxy) is 1. The second-order valence-electron chi connectivity index (χ2n) is 7.60. The number of hydrogen-bond donors (Lipinski definition) is 1. The number of nitrogens with zero attached hydrogens (tertiary/aromatic N) is 2. The summed E-state index contributed by atoms with van der Waals surface area (Å²) in [5, 5.41) is 1.72. The number of rotatable bonds is 4. The topological polar surface area (TPSA) is 51.4 Å². The summed E-state index contributed by atoms with van der Waals surface area (Å²) in [6.07, 6.45) is 1.01. The standard InChI is InChI=1S/C25H22ClN3O/c26-20-8-9-23-19(14-20)7-11-25(28-23)30-21-12-13-29(16-21)24-10-6-18(15-22(24)27)17-4-2-1-3-5-17/h1-11,14-15,21H,12-13,16,27H2. The molecule has 0 spiro atoms. The number of hydrogen-bond acceptors (Lipinski definition) is 4. The molecule has 1 aromatic heterocycles. The number of halogens is 1. The summed E-state index contributed by atoms with van der Waals surface area (Å²) < 4.78 is 6.17. The van der Waals surface area contributed by atoms with Crippen LogP contribution in [0.3, 0.4) is 0 Å². The van der Waals surface area contributed by atoms with E-state index in [9.17, 15) is 0 Å². The van der Waals surface area contributed by atoms with Crippen molar-refractivity contribution in [2.45, 2.75) is 12.5 Å². The van der Waals surface area contributed by atoms with E-state index < -0.39 is 0 Å². The van der Waals surface area contributed by atoms with E-state index in [0.717, 1.165) is 47.4 Å². The molecule has 5 rings (SSSR count). The van der Waals surface area contributed by atoms with Crippen molar-refractivity contribution in [2.75, 3.05) is 23.7 Å². The lowest BCUT2D eigenvalue weighted by atomic mass is 10.0. The van der Waals surface area contributed by atoms with Gasteiger partial charge in [-0.1, -0.05) is 48.0 Å². The normalized spacial score (nSPS) is 16.2. The van der Waals surface area contributed by atoms with E-state index in [1.54, 1.807) is 0 Å². The first-order valence-electron chi connectivity index (χ1n) is 10.1. The molecular formula is C25H22ClN3O. The van der Waals surface area contributed by atoms with Crippen LogP contribution in [0.15, 0.2) is 78.9 Å². The fourth-order valence-electron chi connectivity index (χ4n) is 4.01. The van der Waals surface area contributed by atoms with Gasteiger partial charge in [0.05, 0.1) is 23.4 Å². The molecule has 0 amide bonds. The van der Waals surface area contributed by atoms with Gasteiger partial charge in [-0.15, -0.1) is 0 Å². The van der Waals surface area contributed by atoms with Crippen LogP contribution in [-0.2, 0) is 0 Å². The van der Waals surface area contributed by atoms with Crippen LogP contribution in [0.4, 0.5) is 11.4 Å². The van der Waals surface area contributed by atoms with Crippen molar-refractivity contribution >= 4 is 33.9 Å². The molecule has 5 heteroatoms. The third-order valence-electron chi connectivity index (χ3n) is 5.53. The highest BCUT2D eigenvalue weighted by Gasteiger charge is 2.26. The zero-order valence-corrected chi connectivity index (χ0v) is 17.2. The van der Waals surface area contributed by atoms with Gasteiger partial charge in [0.25, 0.3) is 0 Å². The van der Waals surface area contributed by atoms with Crippen LogP contribution in [0.2, 0.25) is 5.02 Å². The summed E-state index contributed by atoms with van der Waals surface area (Å²) in [5.41, 5.74) is 11.4. The first-order chi connectivity index (χ1) is 14.7. The Morgan fingerprint density at radius 3 is 2.63 bits per heavy atom. The predicted octanol–water partition coefficient (Wildman–Crippen LogP) is 5.80. The zero-order valence-electron chi connectivity index (χ0n) is 16.5. The highest BCUT2D eigenvalue weighted by molar-refractivity contribution is 6.31. The Morgan fingerprint density at radius 2 is 1.80 bits per heavy atom. The van der Waals surface area contributed by atoms with Crippen molar-refractivity contribution in [2.24, 2.45) is 0 Å². The predicted molar refractivity (Wildman–Crippen MR) is 124 cm³/mol. The lowest BCUT2D eigenvalue weighted by molar-refractivity contribution is 0.216. The summed E-state index contributed by atoms with van der Waals surface area (Å²) >= 11 is 6.05. The zero-order chi connectivity index (χ0) is 20.5. The average Bonchev–Trinajstić information content (AvgIpc) is 3.22. The van der Waals surface area contributed by atoms with Crippen molar-refractivity contribution in [1.29, 1.82) is 0 Å². The first-order valence-corrected chi connectivity index (χ1v) is 10.5. The number of benzene rings is 3. The molecule has 1 fully saturated rings. The summed E-state index contributed by atoms with van der Waals surface area (Å²) in [6, 6.07) is 26.2. The summed E-state index contributed by atoms with van der Waals surface area (Å²) in [4.78, 5) is 6.90. The number of nitrogen functional groups attached to an aromatic ring is 1. The molecule has 1 atom stereocenters. The first kappa shape index (κ1) is 18.8. The Kier molecular flexibility index (Phi) is 4.93. The van der Waals surface area contributed by atoms with Crippen LogP contribution in [-0.4, -0.2) is 24.2 Å². The van der Waals surface area contributed by atoms with Crippen molar-refractivity contribution in [3.8, 4) is 17.0 Å². The molecule has 0 aliphatic carbocycles. The van der Waals surface area contributed by atoms with E-state index >= 15 is 0 Å². The molecule has 2 heterocycles. The van der Waals surface area contributed by atoms with Gasteiger partial charge in [0, 0.05) is 29.4 Å². The number of aromatic nitrogens is 1. The van der Waals surface area contributed by atoms with Gasteiger partial charge < -0.3 is 15.4 Å². The molecule has 0 bridgehead atoms. The summed E-state index contributed by atoms with van der Waals surface area (Å²) in [6.45, 7) is 1.69. The molecule has 4 nitrogen and oxygen atoms in total. The Labute approximate surface area is 180 Å². The number of nitrogens with two attached hydrogens (primary N) is 1. The van der Waals surface area contributed by atoms with Crippen LogP contribution in [0, 0.1) is 0 Å². The van der Waals surface area contributed by atoms with Gasteiger partial charge in [0.1, 0.15) is 6.10 Å². The fourth-order valence-corrected chi connectivity index (χ4v) is 4.19. The SMILES string of the molecule is Nc1cc(-c2ccccc2)ccc1N1CCC(Oc2ccc3cc(Cl)ccc3n2)C1. The van der Waals surface area contributed by atoms with Crippen LogP contribution in [0.5, 0.6) is 5.88 Å². The largest absolute Gasteiger partial charge is 0.472 e. The van der Waals surface area contributed by atoms with Crippen molar-refractivity contribution in [1.82, 2.24) is 4.98 Å². The molecule has 30 heavy (non-hydrogen) atoms. The number of pyridine rings is 1. The fraction of sp³-hybridized carbons (Fsp3) is 0.160. The molecule has 1 aliphatic rings. The van der Waals surface area contributed by atoms with Crippen LogP contribution < -0.4 is 15.4 Å². The van der Waals surface area contributed by atoms with Crippen molar-refractivity contribution in [3.05, 3.63) is 83.9 Å². The summed E-state index contributed by atoms with van der Waals surface area (Å²) in [5.74, 6) is 0.643. The monoisotopic (exact) mass is 415 g/mol. The van der Waals surface area contributed by atoms with E-state index in [1.807, 2.05) is 48.5 Å². The lowest BCUT2D eigenvalue weighted by Crippen LogP contribution is -2.25. The maximum absolute atomic E-state index is 6.41. The molecule has 3 aromatic carbocycles. The summed E-state index contributed by atoms with van der Waals surface area (Å²) in [7, 11) is 0. The quantitative estimate of drug-likeness (QED) is 0.428. The van der Waals surface area contributed by atoms with Gasteiger partial charge >= 0.3 is 0 Å². The van der Waals surface area contributed by atoms with Crippen molar-refractivity contribution < 1.29 is 4.74 Å². The minimum atomic E-state index is 0.0791. The molecule has 0 saturated carbocycles. The van der Waals surface area contributed by atoms with Crippen LogP contribution in [0.1, 0.15) is 6.42 Å². The second-order valence-corrected chi connectivity index (χ2v) is 8.04. The van der Waals surface area contributed by atoms with Gasteiger partial charge in [0.15, 0.2) is 0 Å². The Bertz CT molecular complexity index is 1200. The van der Waals surface area contributed by atoms with E-state index in [2.05, 4.69) is 40.2 Å². The third kappa shape index (κ3) is 3.79. The number of fused-ring (bicyclic) bond motifs is 1. The maximum Gasteiger partial charge on any atom is 0.214 e. The molecule has 1 saturated heterocycles. The average molecular weight is 416 g/mol. The van der Waals surface area contributed by atoms with Gasteiger partial charge in [-0.25, -0.2) is 4.98 Å². The molecular weight excluding hydrogens is 394 g/mol. The molecule has 1 aliphatic heterocycles. The van der Waals surface area contributed by atoms with Gasteiger partial charge in [-0.3, -0.25) is 0 Å². The van der Waals surface area contributed by atoms with E-state index in [1.165, 1.54) is 5.56 Å². The van der Waals surface area contributed by atoms with Gasteiger partial charge in [0.2, 0.25) is 5.88 Å². The highest BCUT2D eigenvalue weighted by Crippen LogP contribution is 2.32. The van der Waals surface area contributed by atoms with Crippen molar-refractivity contribution in [3.63, 3.8) is 0 Å².